The molecule has 1 amide bonds. The van der Waals surface area contributed by atoms with Crippen LogP contribution in [-0.2, 0) is 9.53 Å². The van der Waals surface area contributed by atoms with Gasteiger partial charge in [-0.15, -0.1) is 0 Å². The molecule has 0 spiro atoms. The Hall–Kier alpha value is -2.22. The molecule has 0 saturated heterocycles. The van der Waals surface area contributed by atoms with Crippen LogP contribution in [0.3, 0.4) is 0 Å². The summed E-state index contributed by atoms with van der Waals surface area (Å²) in [6, 6.07) is 7.73. The van der Waals surface area contributed by atoms with Gasteiger partial charge in [0.1, 0.15) is 5.02 Å². The molecule has 0 aliphatic heterocycles. The zero-order valence-electron chi connectivity index (χ0n) is 16.1. The second kappa shape index (κ2) is 10.0. The maximum absolute atomic E-state index is 12.1. The Morgan fingerprint density at radius 1 is 1.17 bits per heavy atom. The number of pyridine rings is 1. The van der Waals surface area contributed by atoms with Crippen molar-refractivity contribution in [3.8, 4) is 0 Å². The Morgan fingerprint density at radius 3 is 2.34 bits per heavy atom. The lowest BCUT2D eigenvalue weighted by molar-refractivity contribution is -0.119. The number of amides is 1. The van der Waals surface area contributed by atoms with E-state index in [0.29, 0.717) is 11.7 Å². The summed E-state index contributed by atoms with van der Waals surface area (Å²) in [6.45, 7) is 6.62. The lowest BCUT2D eigenvalue weighted by atomic mass is 10.2. The molecule has 2 rings (SSSR count). The number of nitrogens with zero attached hydrogens (tertiary/aromatic N) is 2. The summed E-state index contributed by atoms with van der Waals surface area (Å²) in [5, 5.41) is 2.21. The predicted molar refractivity (Wildman–Crippen MR) is 117 cm³/mol. The van der Waals surface area contributed by atoms with Gasteiger partial charge in [-0.05, 0) is 45.0 Å². The Labute approximate surface area is 184 Å². The molecule has 0 fully saturated rings. The minimum atomic E-state index is -0.943. The third kappa shape index (κ3) is 5.65. The fraction of sp³-hybridized carbons (Fsp3) is 0.316. The average molecular weight is 460 g/mol. The molecule has 0 bridgehead atoms. The van der Waals surface area contributed by atoms with Crippen LogP contribution in [0.1, 0.15) is 31.3 Å². The molecule has 1 heterocycles. The topological polar surface area (TPSA) is 97.5 Å². The van der Waals surface area contributed by atoms with E-state index in [1.807, 2.05) is 12.1 Å². The monoisotopic (exact) mass is 458 g/mol. The normalized spacial score (nSPS) is 10.7. The van der Waals surface area contributed by atoms with Gasteiger partial charge in [0.05, 0.1) is 10.7 Å². The van der Waals surface area contributed by atoms with Gasteiger partial charge in [0.2, 0.25) is 0 Å². The van der Waals surface area contributed by atoms with Crippen molar-refractivity contribution in [2.24, 2.45) is 0 Å². The number of aromatic nitrogens is 1. The second-order valence-electron chi connectivity index (χ2n) is 6.34. The summed E-state index contributed by atoms with van der Waals surface area (Å²) in [4.78, 5) is 30.2. The highest BCUT2D eigenvalue weighted by atomic mass is 35.5. The van der Waals surface area contributed by atoms with Crippen molar-refractivity contribution in [2.75, 3.05) is 29.1 Å². The number of halogens is 3. The maximum Gasteiger partial charge on any atom is 0.359 e. The van der Waals surface area contributed by atoms with Crippen molar-refractivity contribution in [3.63, 3.8) is 0 Å². The van der Waals surface area contributed by atoms with E-state index in [0.717, 1.165) is 12.2 Å². The van der Waals surface area contributed by atoms with E-state index in [1.165, 1.54) is 0 Å². The fourth-order valence-electron chi connectivity index (χ4n) is 2.65. The summed E-state index contributed by atoms with van der Waals surface area (Å²) in [6.07, 6.45) is 0. The van der Waals surface area contributed by atoms with Gasteiger partial charge < -0.3 is 20.7 Å². The van der Waals surface area contributed by atoms with Crippen LogP contribution in [0, 0.1) is 0 Å². The highest BCUT2D eigenvalue weighted by Gasteiger charge is 2.21. The molecule has 29 heavy (non-hydrogen) atoms. The molecule has 0 radical (unpaired) electrons. The van der Waals surface area contributed by atoms with E-state index in [2.05, 4.69) is 36.0 Å². The first-order valence-electron chi connectivity index (χ1n) is 8.79. The SMILES string of the molecule is CCN(c1ccc(NC(=O)COC(=O)c2nc(Cl)c(Cl)c(N)c2Cl)cc1)C(C)C. The van der Waals surface area contributed by atoms with Crippen LogP contribution in [0.4, 0.5) is 17.1 Å². The third-order valence-electron chi connectivity index (χ3n) is 4.05. The number of esters is 1. The molecular formula is C19H21Cl3N4O3. The summed E-state index contributed by atoms with van der Waals surface area (Å²) >= 11 is 17.6. The number of hydrogen-bond donors (Lipinski definition) is 2. The van der Waals surface area contributed by atoms with Gasteiger partial charge in [-0.2, -0.15) is 0 Å². The van der Waals surface area contributed by atoms with Crippen LogP contribution in [0.5, 0.6) is 0 Å². The van der Waals surface area contributed by atoms with Crippen LogP contribution in [0.25, 0.3) is 0 Å². The van der Waals surface area contributed by atoms with Gasteiger partial charge in [0, 0.05) is 24.0 Å². The summed E-state index contributed by atoms with van der Waals surface area (Å²) in [5.41, 5.74) is 6.88. The smallest absolute Gasteiger partial charge is 0.359 e. The van der Waals surface area contributed by atoms with Crippen molar-refractivity contribution < 1.29 is 14.3 Å². The lowest BCUT2D eigenvalue weighted by Crippen LogP contribution is -2.30. The molecule has 156 valence electrons. The quantitative estimate of drug-likeness (QED) is 0.462. The van der Waals surface area contributed by atoms with Crippen molar-refractivity contribution in [2.45, 2.75) is 26.8 Å². The molecule has 0 saturated carbocycles. The standard InChI is InChI=1S/C19H21Cl3N4O3/c1-4-26(10(2)3)12-7-5-11(6-8-12)24-13(27)9-29-19(28)17-14(20)16(23)15(21)18(22)25-17/h5-8,10H,4,9H2,1-3H3,(H2,23,25)(H,24,27). The molecule has 1 aromatic heterocycles. The molecule has 3 N–H and O–H groups in total. The van der Waals surface area contributed by atoms with Gasteiger partial charge in [0.25, 0.3) is 5.91 Å². The number of carbonyl (C=O) groups is 2. The number of ether oxygens (including phenoxy) is 1. The molecule has 0 aliphatic rings. The molecule has 2 aromatic rings. The number of benzene rings is 1. The minimum Gasteiger partial charge on any atom is -0.451 e. The summed E-state index contributed by atoms with van der Waals surface area (Å²) < 4.78 is 4.94. The van der Waals surface area contributed by atoms with E-state index in [9.17, 15) is 9.59 Å². The number of anilines is 3. The molecule has 0 unspecified atom stereocenters. The number of hydrogen-bond acceptors (Lipinski definition) is 6. The molecule has 1 aromatic carbocycles. The van der Waals surface area contributed by atoms with Gasteiger partial charge in [-0.1, -0.05) is 34.8 Å². The Kier molecular flexibility index (Phi) is 7.96. The third-order valence-corrected chi connectivity index (χ3v) is 5.18. The zero-order chi connectivity index (χ0) is 21.7. The largest absolute Gasteiger partial charge is 0.451 e. The van der Waals surface area contributed by atoms with Crippen molar-refractivity contribution in [1.82, 2.24) is 4.98 Å². The Morgan fingerprint density at radius 2 is 1.79 bits per heavy atom. The Bertz CT molecular complexity index is 905. The van der Waals surface area contributed by atoms with Crippen LogP contribution in [-0.4, -0.2) is 36.1 Å². The average Bonchev–Trinajstić information content (AvgIpc) is 2.69. The molecule has 10 heteroatoms. The molecule has 0 aliphatic carbocycles. The first-order valence-corrected chi connectivity index (χ1v) is 9.92. The summed E-state index contributed by atoms with van der Waals surface area (Å²) in [5.74, 6) is -1.47. The van der Waals surface area contributed by atoms with Crippen molar-refractivity contribution in [1.29, 1.82) is 0 Å². The number of nitrogens with two attached hydrogens (primary N) is 1. The summed E-state index contributed by atoms with van der Waals surface area (Å²) in [7, 11) is 0. The van der Waals surface area contributed by atoms with E-state index in [-0.39, 0.29) is 26.6 Å². The first kappa shape index (κ1) is 23.1. The highest BCUT2D eigenvalue weighted by molar-refractivity contribution is 6.46. The molecule has 7 nitrogen and oxygen atoms in total. The van der Waals surface area contributed by atoms with Crippen LogP contribution in [0.15, 0.2) is 24.3 Å². The van der Waals surface area contributed by atoms with Crippen LogP contribution in [0.2, 0.25) is 15.2 Å². The Balaban J connectivity index is 1.97. The highest BCUT2D eigenvalue weighted by Crippen LogP contribution is 2.34. The van der Waals surface area contributed by atoms with E-state index in [1.54, 1.807) is 12.1 Å². The van der Waals surface area contributed by atoms with Crippen molar-refractivity contribution in [3.05, 3.63) is 45.2 Å². The maximum atomic E-state index is 12.1. The van der Waals surface area contributed by atoms with E-state index < -0.39 is 18.5 Å². The van der Waals surface area contributed by atoms with Gasteiger partial charge in [-0.3, -0.25) is 4.79 Å². The first-order chi connectivity index (χ1) is 13.6. The number of nitrogens with one attached hydrogen (secondary N) is 1. The number of rotatable bonds is 7. The number of carbonyl (C=O) groups excluding carboxylic acids is 2. The van der Waals surface area contributed by atoms with Gasteiger partial charge >= 0.3 is 5.97 Å². The molecular weight excluding hydrogens is 439 g/mol. The minimum absolute atomic E-state index is 0.0616. The van der Waals surface area contributed by atoms with E-state index in [4.69, 9.17) is 45.3 Å². The van der Waals surface area contributed by atoms with E-state index >= 15 is 0 Å². The zero-order valence-corrected chi connectivity index (χ0v) is 18.4. The van der Waals surface area contributed by atoms with Gasteiger partial charge in [0.15, 0.2) is 17.5 Å². The van der Waals surface area contributed by atoms with Gasteiger partial charge in [-0.25, -0.2) is 9.78 Å². The van der Waals surface area contributed by atoms with Crippen molar-refractivity contribution >= 4 is 63.7 Å². The lowest BCUT2D eigenvalue weighted by Gasteiger charge is -2.27. The fourth-order valence-corrected chi connectivity index (χ4v) is 3.23. The number of nitrogen functional groups attached to an aromatic ring is 1. The van der Waals surface area contributed by atoms with Crippen LogP contribution < -0.4 is 16.0 Å². The molecule has 0 atom stereocenters. The predicted octanol–water partition coefficient (Wildman–Crippen LogP) is 4.65. The second-order valence-corrected chi connectivity index (χ2v) is 7.46. The van der Waals surface area contributed by atoms with Crippen LogP contribution >= 0.6 is 34.8 Å².